The largest absolute Gasteiger partial charge is 1.00 e. The second-order valence-electron chi connectivity index (χ2n) is 3.22. The number of benzene rings is 1. The average molecular weight is 249 g/mol. The van der Waals surface area contributed by atoms with E-state index < -0.39 is 11.9 Å². The molecule has 0 amide bonds. The Morgan fingerprint density at radius 3 is 2.32 bits per heavy atom. The molecule has 0 aliphatic carbocycles. The van der Waals surface area contributed by atoms with Crippen molar-refractivity contribution >= 4 is 17.6 Å². The maximum atomic E-state index is 10.6. The van der Waals surface area contributed by atoms with Crippen molar-refractivity contribution in [3.8, 4) is 5.75 Å². The van der Waals surface area contributed by atoms with Crippen LogP contribution in [0.15, 0.2) is 30.4 Å². The number of hydrogen-bond acceptors (Lipinski definition) is 6. The molecule has 1 aromatic rings. The molecule has 6 nitrogen and oxygen atoms in total. The zero-order valence-corrected chi connectivity index (χ0v) is 10.8. The Kier molecular flexibility index (Phi) is 9.21. The molecule has 1 aromatic carbocycles. The van der Waals surface area contributed by atoms with Gasteiger partial charge in [-0.05, 0) is 12.1 Å². The van der Waals surface area contributed by atoms with Crippen LogP contribution in [0.5, 0.6) is 5.75 Å². The zero-order chi connectivity index (χ0) is 13.0. The van der Waals surface area contributed by atoms with E-state index in [1.165, 1.54) is 12.1 Å². The van der Waals surface area contributed by atoms with Gasteiger partial charge in [0, 0.05) is 11.1 Å². The summed E-state index contributed by atoms with van der Waals surface area (Å²) in [5, 5.41) is 20.9. The second kappa shape index (κ2) is 8.74. The van der Waals surface area contributed by atoms with E-state index >= 15 is 0 Å². The molecule has 1 rings (SSSR count). The van der Waals surface area contributed by atoms with Gasteiger partial charge < -0.3 is 30.3 Å². The molecular formula is C11H9Li2NO5. The van der Waals surface area contributed by atoms with E-state index in [2.05, 4.69) is 6.58 Å². The quantitative estimate of drug-likeness (QED) is 0.315. The van der Waals surface area contributed by atoms with Crippen LogP contribution in [0, 0.1) is 0 Å². The third-order valence-corrected chi connectivity index (χ3v) is 1.94. The monoisotopic (exact) mass is 249 g/mol. The third-order valence-electron chi connectivity index (χ3n) is 1.94. The summed E-state index contributed by atoms with van der Waals surface area (Å²) in [5.74, 6) is -2.78. The Balaban J connectivity index is 0. The van der Waals surface area contributed by atoms with Crippen molar-refractivity contribution in [1.29, 1.82) is 0 Å². The van der Waals surface area contributed by atoms with Gasteiger partial charge in [0.2, 0.25) is 0 Å². The van der Waals surface area contributed by atoms with Gasteiger partial charge in [-0.15, -0.1) is 0 Å². The van der Waals surface area contributed by atoms with Gasteiger partial charge in [-0.3, -0.25) is 0 Å². The molecule has 0 heterocycles. The van der Waals surface area contributed by atoms with Crippen molar-refractivity contribution in [2.45, 2.75) is 0 Å². The van der Waals surface area contributed by atoms with E-state index in [9.17, 15) is 19.8 Å². The maximum Gasteiger partial charge on any atom is 1.00 e. The molecule has 0 spiro atoms. The van der Waals surface area contributed by atoms with Crippen LogP contribution in [0.4, 0.5) is 5.69 Å². The number of hydrogen-bond donors (Lipinski definition) is 1. The van der Waals surface area contributed by atoms with Crippen molar-refractivity contribution in [3.63, 3.8) is 0 Å². The number of ether oxygens (including phenoxy) is 1. The number of anilines is 1. The number of rotatable bonds is 5. The van der Waals surface area contributed by atoms with Gasteiger partial charge >= 0.3 is 37.7 Å². The summed E-state index contributed by atoms with van der Waals surface area (Å²) in [6.07, 6.45) is 0. The molecule has 0 unspecified atom stereocenters. The van der Waals surface area contributed by atoms with Crippen LogP contribution in [0.3, 0.4) is 0 Å². The van der Waals surface area contributed by atoms with Gasteiger partial charge in [0.1, 0.15) is 12.4 Å². The number of nitrogen functional groups attached to an aromatic ring is 1. The first kappa shape index (κ1) is 20.0. The van der Waals surface area contributed by atoms with Crippen LogP contribution in [-0.4, -0.2) is 18.5 Å². The molecule has 19 heavy (non-hydrogen) atoms. The molecule has 0 atom stereocenters. The SMILES string of the molecule is C=C(COc1cc(C(=O)[O-])ccc1N)C(=O)[O-].[Li+].[Li+]. The Morgan fingerprint density at radius 1 is 1.26 bits per heavy atom. The van der Waals surface area contributed by atoms with Crippen LogP contribution in [0.2, 0.25) is 0 Å². The number of aromatic carboxylic acids is 1. The summed E-state index contributed by atoms with van der Waals surface area (Å²) in [6.45, 7) is 2.86. The standard InChI is InChI=1S/C11H11NO5.2Li/c1-6(10(13)14)5-17-9-4-7(11(15)16)2-3-8(9)12;;/h2-4H,1,5,12H2,(H,13,14)(H,15,16);;/q;2*+1/p-2. The van der Waals surface area contributed by atoms with E-state index in [1.54, 1.807) is 0 Å². The van der Waals surface area contributed by atoms with Gasteiger partial charge in [-0.1, -0.05) is 12.6 Å². The summed E-state index contributed by atoms with van der Waals surface area (Å²) in [5.41, 5.74) is 5.31. The molecule has 8 heteroatoms. The number of aliphatic carboxylic acids is 1. The van der Waals surface area contributed by atoms with Gasteiger partial charge in [0.05, 0.1) is 17.6 Å². The molecule has 0 saturated heterocycles. The number of carbonyl (C=O) groups is 2. The van der Waals surface area contributed by atoms with Crippen LogP contribution in [-0.2, 0) is 4.79 Å². The Bertz CT molecular complexity index is 490. The first-order valence-electron chi connectivity index (χ1n) is 4.54. The summed E-state index contributed by atoms with van der Waals surface area (Å²) >= 11 is 0. The molecule has 0 aliphatic rings. The van der Waals surface area contributed by atoms with E-state index in [0.717, 1.165) is 6.07 Å². The van der Waals surface area contributed by atoms with Crippen molar-refractivity contribution < 1.29 is 62.3 Å². The molecule has 0 bridgehead atoms. The van der Waals surface area contributed by atoms with Gasteiger partial charge in [0.15, 0.2) is 0 Å². The molecule has 0 aliphatic heterocycles. The molecule has 0 fully saturated rings. The topological polar surface area (TPSA) is 116 Å². The molecule has 0 aromatic heterocycles. The van der Waals surface area contributed by atoms with Crippen LogP contribution < -0.4 is 58.4 Å². The molecule has 90 valence electrons. The number of carboxylic acid groups (broad SMARTS) is 2. The summed E-state index contributed by atoms with van der Waals surface area (Å²) in [7, 11) is 0. The second-order valence-corrected chi connectivity index (χ2v) is 3.22. The fourth-order valence-electron chi connectivity index (χ4n) is 1.01. The molecule has 0 radical (unpaired) electrons. The number of nitrogens with two attached hydrogens (primary N) is 1. The Labute approximate surface area is 134 Å². The van der Waals surface area contributed by atoms with Crippen LogP contribution >= 0.6 is 0 Å². The van der Waals surface area contributed by atoms with E-state index in [1.807, 2.05) is 0 Å². The summed E-state index contributed by atoms with van der Waals surface area (Å²) < 4.78 is 5.01. The predicted molar refractivity (Wildman–Crippen MR) is 54.8 cm³/mol. The van der Waals surface area contributed by atoms with E-state index in [-0.39, 0.29) is 66.9 Å². The first-order valence-corrected chi connectivity index (χ1v) is 4.54. The maximum absolute atomic E-state index is 10.6. The van der Waals surface area contributed by atoms with E-state index in [4.69, 9.17) is 10.5 Å². The van der Waals surface area contributed by atoms with E-state index in [0.29, 0.717) is 0 Å². The zero-order valence-electron chi connectivity index (χ0n) is 10.8. The van der Waals surface area contributed by atoms with Crippen LogP contribution in [0.1, 0.15) is 10.4 Å². The summed E-state index contributed by atoms with van der Waals surface area (Å²) in [4.78, 5) is 20.9. The minimum absolute atomic E-state index is 0. The Hall–Kier alpha value is -1.31. The first-order chi connectivity index (χ1) is 7.91. The molecule has 2 N–H and O–H groups in total. The predicted octanol–water partition coefficient (Wildman–Crippen LogP) is -7.67. The van der Waals surface area contributed by atoms with Gasteiger partial charge in [-0.2, -0.15) is 0 Å². The number of carbonyl (C=O) groups excluding carboxylic acids is 2. The van der Waals surface area contributed by atoms with Crippen molar-refractivity contribution in [2.24, 2.45) is 0 Å². The average Bonchev–Trinajstić information content (AvgIpc) is 2.26. The summed E-state index contributed by atoms with van der Waals surface area (Å²) in [6, 6.07) is 3.72. The molecule has 0 saturated carbocycles. The number of carboxylic acids is 2. The minimum atomic E-state index is -1.44. The Morgan fingerprint density at radius 2 is 1.84 bits per heavy atom. The minimum Gasteiger partial charge on any atom is -0.545 e. The van der Waals surface area contributed by atoms with Gasteiger partial charge in [-0.25, -0.2) is 0 Å². The van der Waals surface area contributed by atoms with Crippen molar-refractivity contribution in [3.05, 3.63) is 35.9 Å². The fraction of sp³-hybridized carbons (Fsp3) is 0.0909. The smallest absolute Gasteiger partial charge is 0.545 e. The van der Waals surface area contributed by atoms with Crippen LogP contribution in [0.25, 0.3) is 0 Å². The normalized spacial score (nSPS) is 8.63. The third kappa shape index (κ3) is 5.91. The van der Waals surface area contributed by atoms with Crippen molar-refractivity contribution in [2.75, 3.05) is 12.3 Å². The van der Waals surface area contributed by atoms with Gasteiger partial charge in [0.25, 0.3) is 0 Å². The molecular weight excluding hydrogens is 240 g/mol. The van der Waals surface area contributed by atoms with Crippen molar-refractivity contribution in [1.82, 2.24) is 0 Å². The fourth-order valence-corrected chi connectivity index (χ4v) is 1.01.